The summed E-state index contributed by atoms with van der Waals surface area (Å²) in [4.78, 5) is 24.6. The quantitative estimate of drug-likeness (QED) is 0.483. The van der Waals surface area contributed by atoms with Crippen molar-refractivity contribution in [1.29, 1.82) is 0 Å². The molecule has 6 heteroatoms. The monoisotopic (exact) mass is 391 g/mol. The Morgan fingerprint density at radius 3 is 2.37 bits per heavy atom. The summed E-state index contributed by atoms with van der Waals surface area (Å²) in [6.07, 6.45) is 3.40. The van der Waals surface area contributed by atoms with Gasteiger partial charge in [0.1, 0.15) is 12.6 Å². The highest BCUT2D eigenvalue weighted by Gasteiger charge is 2.38. The molecule has 1 N–H and O–H groups in total. The van der Waals surface area contributed by atoms with Gasteiger partial charge in [-0.2, -0.15) is 0 Å². The lowest BCUT2D eigenvalue weighted by atomic mass is 10.2. The summed E-state index contributed by atoms with van der Waals surface area (Å²) in [5, 5.41) is 2.68. The summed E-state index contributed by atoms with van der Waals surface area (Å²) in [6.45, 7) is 12.9. The Bertz CT molecular complexity index is 635. The number of hydrogen-bond donors (Lipinski definition) is 1. The van der Waals surface area contributed by atoms with Gasteiger partial charge in [0.25, 0.3) is 0 Å². The van der Waals surface area contributed by atoms with Gasteiger partial charge in [0.15, 0.2) is 14.1 Å². The first kappa shape index (κ1) is 23.1. The highest BCUT2D eigenvalue weighted by molar-refractivity contribution is 6.74. The number of carbonyl (C=O) groups excluding carboxylic acids is 2. The van der Waals surface area contributed by atoms with Gasteiger partial charge in [-0.3, -0.25) is 4.79 Å². The lowest BCUT2D eigenvalue weighted by molar-refractivity contribution is -0.117. The first-order valence-electron chi connectivity index (χ1n) is 9.38. The maximum Gasteiger partial charge on any atom is 0.408 e. The lowest BCUT2D eigenvalue weighted by Gasteiger charge is -2.37. The van der Waals surface area contributed by atoms with Crippen LogP contribution in [0.5, 0.6) is 0 Å². The molecule has 1 rings (SSSR count). The molecule has 150 valence electrons. The smallest absolute Gasteiger partial charge is 0.408 e. The van der Waals surface area contributed by atoms with Crippen molar-refractivity contribution in [2.75, 3.05) is 6.61 Å². The highest BCUT2D eigenvalue weighted by Crippen LogP contribution is 2.36. The normalized spacial score (nSPS) is 13.4. The van der Waals surface area contributed by atoms with Crippen LogP contribution in [0.4, 0.5) is 4.79 Å². The number of rotatable bonds is 9. The third-order valence-corrected chi connectivity index (χ3v) is 9.28. The van der Waals surface area contributed by atoms with Crippen molar-refractivity contribution in [2.24, 2.45) is 0 Å². The van der Waals surface area contributed by atoms with E-state index in [0.29, 0.717) is 0 Å². The van der Waals surface area contributed by atoms with Crippen LogP contribution in [-0.2, 0) is 20.6 Å². The minimum absolute atomic E-state index is 0.0215. The van der Waals surface area contributed by atoms with E-state index in [1.807, 2.05) is 37.3 Å². The van der Waals surface area contributed by atoms with Crippen LogP contribution >= 0.6 is 0 Å². The summed E-state index contributed by atoms with van der Waals surface area (Å²) in [5.74, 6) is -0.188. The van der Waals surface area contributed by atoms with Gasteiger partial charge in [0, 0.05) is 0 Å². The standard InChI is InChI=1S/C21H33NO4Si/c1-7-8-14-19(23)18(16-26-27(5,6)21(2,3)4)22-20(24)25-15-17-12-10-9-11-13-17/h8-14,18H,7,15-16H2,1-6H3,(H,22,24)/t18-/m0/s1. The predicted molar refractivity (Wildman–Crippen MR) is 111 cm³/mol. The Hall–Kier alpha value is -1.92. The molecule has 0 saturated heterocycles. The third kappa shape index (κ3) is 8.09. The lowest BCUT2D eigenvalue weighted by Crippen LogP contribution is -2.49. The van der Waals surface area contributed by atoms with Gasteiger partial charge in [-0.1, -0.05) is 64.1 Å². The molecule has 5 nitrogen and oxygen atoms in total. The van der Waals surface area contributed by atoms with Crippen LogP contribution in [0.25, 0.3) is 0 Å². The van der Waals surface area contributed by atoms with Gasteiger partial charge >= 0.3 is 6.09 Å². The Balaban J connectivity index is 2.72. The van der Waals surface area contributed by atoms with Crippen molar-refractivity contribution in [3.8, 4) is 0 Å². The van der Waals surface area contributed by atoms with Crippen molar-refractivity contribution in [3.05, 3.63) is 48.0 Å². The fraction of sp³-hybridized carbons (Fsp3) is 0.524. The van der Waals surface area contributed by atoms with Gasteiger partial charge in [0.05, 0.1) is 6.61 Å². The number of nitrogens with one attached hydrogen (secondary N) is 1. The Kier molecular flexibility index (Phi) is 8.92. The summed E-state index contributed by atoms with van der Waals surface area (Å²) in [5.41, 5.74) is 0.888. The van der Waals surface area contributed by atoms with Gasteiger partial charge in [-0.25, -0.2) is 4.79 Å². The van der Waals surface area contributed by atoms with Crippen LogP contribution in [0.1, 0.15) is 39.7 Å². The largest absolute Gasteiger partial charge is 0.445 e. The number of benzene rings is 1. The van der Waals surface area contributed by atoms with Gasteiger partial charge in [-0.15, -0.1) is 0 Å². The number of amides is 1. The van der Waals surface area contributed by atoms with Crippen LogP contribution in [-0.4, -0.2) is 32.8 Å². The minimum Gasteiger partial charge on any atom is -0.445 e. The Morgan fingerprint density at radius 2 is 1.81 bits per heavy atom. The molecule has 0 aliphatic rings. The van der Waals surface area contributed by atoms with Crippen molar-refractivity contribution in [1.82, 2.24) is 5.32 Å². The van der Waals surface area contributed by atoms with E-state index in [0.717, 1.165) is 12.0 Å². The van der Waals surface area contributed by atoms with E-state index in [1.165, 1.54) is 6.08 Å². The molecule has 1 atom stereocenters. The molecule has 0 aliphatic heterocycles. The molecule has 0 fully saturated rings. The summed E-state index contributed by atoms with van der Waals surface area (Å²) in [6, 6.07) is 8.65. The van der Waals surface area contributed by atoms with Gasteiger partial charge in [0.2, 0.25) is 0 Å². The van der Waals surface area contributed by atoms with Crippen LogP contribution < -0.4 is 5.32 Å². The topological polar surface area (TPSA) is 64.6 Å². The SMILES string of the molecule is CCC=CC(=O)[C@H](CO[Si](C)(C)C(C)(C)C)NC(=O)OCc1ccccc1. The zero-order chi connectivity index (χ0) is 20.5. The summed E-state index contributed by atoms with van der Waals surface area (Å²) >= 11 is 0. The Morgan fingerprint density at radius 1 is 1.19 bits per heavy atom. The first-order chi connectivity index (χ1) is 12.6. The minimum atomic E-state index is -2.04. The number of hydrogen-bond acceptors (Lipinski definition) is 4. The molecular formula is C21H33NO4Si. The van der Waals surface area contributed by atoms with E-state index < -0.39 is 20.5 Å². The maximum absolute atomic E-state index is 12.5. The zero-order valence-corrected chi connectivity index (χ0v) is 18.4. The van der Waals surface area contributed by atoms with Crippen molar-refractivity contribution < 1.29 is 18.8 Å². The maximum atomic E-state index is 12.5. The fourth-order valence-electron chi connectivity index (χ4n) is 1.96. The number of ether oxygens (including phenoxy) is 1. The van der Waals surface area contributed by atoms with Crippen LogP contribution in [0.3, 0.4) is 0 Å². The molecule has 0 spiro atoms. The average molecular weight is 392 g/mol. The van der Waals surface area contributed by atoms with Gasteiger partial charge in [-0.05, 0) is 36.2 Å². The average Bonchev–Trinajstić information content (AvgIpc) is 2.61. The molecule has 1 aromatic carbocycles. The number of ketones is 1. The predicted octanol–water partition coefficient (Wildman–Crippen LogP) is 4.84. The first-order valence-corrected chi connectivity index (χ1v) is 12.3. The number of alkyl carbamates (subject to hydrolysis) is 1. The molecule has 0 radical (unpaired) electrons. The van der Waals surface area contributed by atoms with Crippen LogP contribution in [0, 0.1) is 0 Å². The molecule has 1 aromatic rings. The summed E-state index contributed by atoms with van der Waals surface area (Å²) < 4.78 is 11.4. The fourth-order valence-corrected chi connectivity index (χ4v) is 2.98. The molecule has 1 amide bonds. The molecule has 0 aliphatic carbocycles. The second-order valence-corrected chi connectivity index (χ2v) is 12.9. The number of allylic oxidation sites excluding steroid dienone is 1. The van der Waals surface area contributed by atoms with Crippen molar-refractivity contribution in [2.45, 2.75) is 64.9 Å². The van der Waals surface area contributed by atoms with E-state index in [4.69, 9.17) is 9.16 Å². The van der Waals surface area contributed by atoms with E-state index in [9.17, 15) is 9.59 Å². The highest BCUT2D eigenvalue weighted by atomic mass is 28.4. The molecule has 0 heterocycles. The van der Waals surface area contributed by atoms with Gasteiger partial charge < -0.3 is 14.5 Å². The van der Waals surface area contributed by atoms with Crippen molar-refractivity contribution >= 4 is 20.2 Å². The zero-order valence-electron chi connectivity index (χ0n) is 17.4. The van der Waals surface area contributed by atoms with E-state index in [-0.39, 0.29) is 24.0 Å². The van der Waals surface area contributed by atoms with Crippen LogP contribution in [0.2, 0.25) is 18.1 Å². The van der Waals surface area contributed by atoms with E-state index in [1.54, 1.807) is 6.08 Å². The molecule has 0 aromatic heterocycles. The molecular weight excluding hydrogens is 358 g/mol. The van der Waals surface area contributed by atoms with Crippen molar-refractivity contribution in [3.63, 3.8) is 0 Å². The third-order valence-electron chi connectivity index (χ3n) is 4.78. The summed E-state index contributed by atoms with van der Waals surface area (Å²) in [7, 11) is -2.04. The van der Waals surface area contributed by atoms with E-state index >= 15 is 0 Å². The molecule has 0 unspecified atom stereocenters. The van der Waals surface area contributed by atoms with E-state index in [2.05, 4.69) is 39.2 Å². The molecule has 27 heavy (non-hydrogen) atoms. The second-order valence-electron chi connectivity index (χ2n) is 8.04. The molecule has 0 saturated carbocycles. The molecule has 0 bridgehead atoms. The Labute approximate surface area is 164 Å². The number of carbonyl (C=O) groups is 2. The second kappa shape index (κ2) is 10.4. The van der Waals surface area contributed by atoms with Crippen LogP contribution in [0.15, 0.2) is 42.5 Å².